The Morgan fingerprint density at radius 2 is 1.77 bits per heavy atom. The van der Waals surface area contributed by atoms with Gasteiger partial charge in [0, 0.05) is 54.7 Å². The van der Waals surface area contributed by atoms with Crippen LogP contribution in [0, 0.1) is 6.92 Å². The van der Waals surface area contributed by atoms with Crippen molar-refractivity contribution in [1.82, 2.24) is 14.5 Å². The average molecular weight is 593 g/mol. The molecule has 0 fully saturated rings. The summed E-state index contributed by atoms with van der Waals surface area (Å²) in [5, 5.41) is 6.59. The number of benzene rings is 3. The summed E-state index contributed by atoms with van der Waals surface area (Å²) in [7, 11) is 1.70. The zero-order valence-corrected chi connectivity index (χ0v) is 26.9. The van der Waals surface area contributed by atoms with E-state index in [1.54, 1.807) is 36.3 Å². The predicted molar refractivity (Wildman–Crippen MR) is 183 cm³/mol. The van der Waals surface area contributed by atoms with Gasteiger partial charge in [0.05, 0.1) is 11.3 Å². The fourth-order valence-electron chi connectivity index (χ4n) is 5.09. The second kappa shape index (κ2) is 13.2. The topological polar surface area (TPSA) is 105 Å². The van der Waals surface area contributed by atoms with E-state index < -0.39 is 0 Å². The van der Waals surface area contributed by atoms with Crippen molar-refractivity contribution in [1.29, 1.82) is 0 Å². The zero-order chi connectivity index (χ0) is 32.2. The van der Waals surface area contributed by atoms with Crippen LogP contribution in [0.1, 0.15) is 68.1 Å². The third-order valence-corrected chi connectivity index (χ3v) is 7.77. The Kier molecular flexibility index (Phi) is 9.62. The van der Waals surface area contributed by atoms with Crippen molar-refractivity contribution in [3.05, 3.63) is 106 Å². The van der Waals surface area contributed by atoms with Gasteiger partial charge < -0.3 is 25.8 Å². The Labute approximate surface area is 260 Å². The lowest BCUT2D eigenvalue weighted by Crippen LogP contribution is -2.32. The normalized spacial score (nSPS) is 11.2. The first-order chi connectivity index (χ1) is 20.8. The maximum absolute atomic E-state index is 13.1. The molecule has 0 aliphatic heterocycles. The van der Waals surface area contributed by atoms with Crippen LogP contribution in [0.15, 0.2) is 78.2 Å². The smallest absolute Gasteiger partial charge is 0.293 e. The van der Waals surface area contributed by atoms with Gasteiger partial charge in [-0.2, -0.15) is 0 Å². The number of carbonyl (C=O) groups is 1. The lowest BCUT2D eigenvalue weighted by Gasteiger charge is -2.21. The zero-order valence-electron chi connectivity index (χ0n) is 26.9. The van der Waals surface area contributed by atoms with Crippen molar-refractivity contribution in [3.8, 4) is 11.3 Å². The molecule has 230 valence electrons. The van der Waals surface area contributed by atoms with Crippen molar-refractivity contribution >= 4 is 34.5 Å². The van der Waals surface area contributed by atoms with Gasteiger partial charge >= 0.3 is 0 Å². The number of hydrogen-bond acceptors (Lipinski definition) is 6. The molecule has 0 saturated heterocycles. The number of nitrogens with two attached hydrogens (primary N) is 1. The van der Waals surface area contributed by atoms with E-state index in [1.807, 2.05) is 39.0 Å². The molecule has 0 bridgehead atoms. The van der Waals surface area contributed by atoms with Crippen LogP contribution in [-0.4, -0.2) is 33.4 Å². The molecular weight excluding hydrogens is 548 g/mol. The summed E-state index contributed by atoms with van der Waals surface area (Å²) in [6.07, 6.45) is 2.59. The molecule has 1 heterocycles. The number of aromatic nitrogens is 2. The van der Waals surface area contributed by atoms with Crippen LogP contribution in [0.4, 0.5) is 22.9 Å². The molecule has 1 amide bonds. The van der Waals surface area contributed by atoms with E-state index in [-0.39, 0.29) is 22.7 Å². The summed E-state index contributed by atoms with van der Waals surface area (Å²) in [4.78, 5) is 32.5. The highest BCUT2D eigenvalue weighted by Crippen LogP contribution is 2.31. The summed E-state index contributed by atoms with van der Waals surface area (Å²) in [6.45, 7) is 18.1. The largest absolute Gasteiger partial charge is 0.398 e. The number of rotatable bonds is 10. The molecule has 44 heavy (non-hydrogen) atoms. The minimum absolute atomic E-state index is 0.0780. The molecule has 0 atom stereocenters. The Hall–Kier alpha value is -4.85. The predicted octanol–water partition coefficient (Wildman–Crippen LogP) is 7.33. The second-order valence-corrected chi connectivity index (χ2v) is 12.1. The van der Waals surface area contributed by atoms with Crippen molar-refractivity contribution in [2.75, 3.05) is 29.5 Å². The summed E-state index contributed by atoms with van der Waals surface area (Å²) < 4.78 is 1.51. The molecule has 0 aliphatic carbocycles. The summed E-state index contributed by atoms with van der Waals surface area (Å²) in [5.41, 5.74) is 13.9. The number of nitrogens with zero attached hydrogens (tertiary/aromatic N) is 3. The lowest BCUT2D eigenvalue weighted by molar-refractivity contribution is 0.0765. The highest BCUT2D eigenvalue weighted by atomic mass is 16.2. The van der Waals surface area contributed by atoms with Crippen LogP contribution in [0.3, 0.4) is 0 Å². The first-order valence-corrected chi connectivity index (χ1v) is 15.0. The van der Waals surface area contributed by atoms with Gasteiger partial charge in [0.2, 0.25) is 0 Å². The van der Waals surface area contributed by atoms with Gasteiger partial charge in [-0.25, -0.2) is 4.98 Å². The van der Waals surface area contributed by atoms with Crippen LogP contribution in [-0.2, 0) is 12.5 Å². The number of aryl methyl sites for hydroxylation is 1. The van der Waals surface area contributed by atoms with Gasteiger partial charge in [0.25, 0.3) is 11.5 Å². The SMILES string of the molecule is C=C(Nc1cccc(-c2cn(C)c(=O)c(Nc3ccc(C(=O)N(CC)CCC)c(N)c3)n2)c1C)c1ccc(C(C)(C)C)cc1. The standard InChI is InChI=1S/C36H44N6O2/c1-9-20-42(10-2)34(43)29-19-18-27(21-30(29)37)39-33-35(44)41(8)22-32(40-33)28-12-11-13-31(23(28)3)38-24(4)25-14-16-26(17-15-25)36(5,6)7/h11-19,21-22,38H,4,9-10,20,37H2,1-3,5-8H3,(H,39,40). The highest BCUT2D eigenvalue weighted by molar-refractivity contribution is 5.99. The molecule has 4 rings (SSSR count). The first kappa shape index (κ1) is 32.1. The third kappa shape index (κ3) is 7.02. The molecule has 8 nitrogen and oxygen atoms in total. The quantitative estimate of drug-likeness (QED) is 0.167. The van der Waals surface area contributed by atoms with Crippen molar-refractivity contribution in [3.63, 3.8) is 0 Å². The van der Waals surface area contributed by atoms with Crippen molar-refractivity contribution in [2.45, 2.75) is 53.4 Å². The van der Waals surface area contributed by atoms with Gasteiger partial charge in [-0.15, -0.1) is 0 Å². The number of anilines is 4. The van der Waals surface area contributed by atoms with Gasteiger partial charge in [-0.1, -0.05) is 70.7 Å². The molecule has 1 aromatic heterocycles. The highest BCUT2D eigenvalue weighted by Gasteiger charge is 2.18. The van der Waals surface area contributed by atoms with Crippen LogP contribution in [0.2, 0.25) is 0 Å². The van der Waals surface area contributed by atoms with Gasteiger partial charge in [-0.05, 0) is 66.6 Å². The maximum Gasteiger partial charge on any atom is 0.293 e. The van der Waals surface area contributed by atoms with E-state index >= 15 is 0 Å². The third-order valence-electron chi connectivity index (χ3n) is 7.77. The van der Waals surface area contributed by atoms with Crippen molar-refractivity contribution < 1.29 is 4.79 Å². The van der Waals surface area contributed by atoms with Crippen molar-refractivity contribution in [2.24, 2.45) is 7.05 Å². The number of carbonyl (C=O) groups excluding carboxylic acids is 1. The van der Waals surface area contributed by atoms with E-state index in [4.69, 9.17) is 10.7 Å². The summed E-state index contributed by atoms with van der Waals surface area (Å²) >= 11 is 0. The van der Waals surface area contributed by atoms with Gasteiger partial charge in [-0.3, -0.25) is 9.59 Å². The number of hydrogen-bond donors (Lipinski definition) is 3. The average Bonchev–Trinajstić information content (AvgIpc) is 2.98. The number of nitrogen functional groups attached to an aromatic ring is 1. The van der Waals surface area contributed by atoms with Crippen LogP contribution < -0.4 is 21.9 Å². The lowest BCUT2D eigenvalue weighted by atomic mass is 9.86. The Bertz CT molecular complexity index is 1730. The second-order valence-electron chi connectivity index (χ2n) is 12.1. The molecule has 3 aromatic carbocycles. The minimum atomic E-state index is -0.286. The number of amides is 1. The molecule has 0 aliphatic rings. The Morgan fingerprint density at radius 1 is 1.07 bits per heavy atom. The molecule has 4 aromatic rings. The molecule has 0 saturated carbocycles. The Balaban J connectivity index is 1.60. The molecule has 0 spiro atoms. The molecule has 0 unspecified atom stereocenters. The summed E-state index contributed by atoms with van der Waals surface area (Å²) in [5.74, 6) is 0.0498. The maximum atomic E-state index is 13.1. The summed E-state index contributed by atoms with van der Waals surface area (Å²) in [6, 6.07) is 19.5. The number of nitrogens with one attached hydrogen (secondary N) is 2. The molecule has 4 N–H and O–H groups in total. The molecular formula is C36H44N6O2. The first-order valence-electron chi connectivity index (χ1n) is 15.0. The molecule has 0 radical (unpaired) electrons. The monoisotopic (exact) mass is 592 g/mol. The van der Waals surface area contributed by atoms with Gasteiger partial charge in [0.15, 0.2) is 5.82 Å². The van der Waals surface area contributed by atoms with Crippen LogP contribution in [0.5, 0.6) is 0 Å². The minimum Gasteiger partial charge on any atom is -0.398 e. The van der Waals surface area contributed by atoms with E-state index in [0.717, 1.165) is 34.5 Å². The van der Waals surface area contributed by atoms with Crippen LogP contribution in [0.25, 0.3) is 17.0 Å². The fraction of sp³-hybridized carbons (Fsp3) is 0.306. The van der Waals surface area contributed by atoms with Crippen LogP contribution >= 0.6 is 0 Å². The van der Waals surface area contributed by atoms with E-state index in [0.29, 0.717) is 35.7 Å². The fourth-order valence-corrected chi connectivity index (χ4v) is 5.09. The van der Waals surface area contributed by atoms with E-state index in [1.165, 1.54) is 10.1 Å². The van der Waals surface area contributed by atoms with Gasteiger partial charge in [0.1, 0.15) is 0 Å². The Morgan fingerprint density at radius 3 is 2.39 bits per heavy atom. The van der Waals surface area contributed by atoms with E-state index in [9.17, 15) is 9.59 Å². The molecule has 8 heteroatoms. The van der Waals surface area contributed by atoms with E-state index in [2.05, 4.69) is 62.2 Å².